The normalized spacial score (nSPS) is 11.9. The molecule has 3 nitrogen and oxygen atoms in total. The Morgan fingerprint density at radius 1 is 1.19 bits per heavy atom. The number of H-pyrrole nitrogens is 1. The second-order valence-corrected chi connectivity index (χ2v) is 5.03. The highest BCUT2D eigenvalue weighted by atomic mass is 16.3. The molecule has 1 aromatic carbocycles. The molecule has 84 valence electrons. The van der Waals surface area contributed by atoms with E-state index in [9.17, 15) is 9.90 Å². The van der Waals surface area contributed by atoms with E-state index in [4.69, 9.17) is 0 Å². The van der Waals surface area contributed by atoms with E-state index in [-0.39, 0.29) is 16.7 Å². The minimum atomic E-state index is -0.284. The Hall–Kier alpha value is -1.77. The maximum atomic E-state index is 11.2. The minimum Gasteiger partial charge on any atom is -0.507 e. The van der Waals surface area contributed by atoms with Crippen molar-refractivity contribution >= 4 is 10.9 Å². The molecule has 2 rings (SSSR count). The van der Waals surface area contributed by atoms with Crippen LogP contribution in [0.1, 0.15) is 26.3 Å². The molecule has 0 aliphatic rings. The number of fused-ring (bicyclic) bond motifs is 1. The van der Waals surface area contributed by atoms with Crippen LogP contribution >= 0.6 is 0 Å². The Labute approximate surface area is 93.7 Å². The lowest BCUT2D eigenvalue weighted by Crippen LogP contribution is -2.11. The molecule has 0 unspecified atom stereocenters. The fraction of sp³-hybridized carbons (Fsp3) is 0.308. The van der Waals surface area contributed by atoms with Crippen molar-refractivity contribution < 1.29 is 5.11 Å². The molecule has 0 aliphatic heterocycles. The van der Waals surface area contributed by atoms with Crippen molar-refractivity contribution in [2.24, 2.45) is 0 Å². The number of pyridine rings is 1. The topological polar surface area (TPSA) is 53.1 Å². The lowest BCUT2D eigenvalue weighted by Gasteiger charge is -2.19. The molecule has 0 bridgehead atoms. The Balaban J connectivity index is 2.76. The zero-order chi connectivity index (χ0) is 11.9. The predicted octanol–water partition coefficient (Wildman–Crippen LogP) is 2.53. The van der Waals surface area contributed by atoms with Crippen molar-refractivity contribution in [2.45, 2.75) is 26.2 Å². The van der Waals surface area contributed by atoms with Gasteiger partial charge in [0.2, 0.25) is 0 Å². The molecule has 0 aliphatic carbocycles. The molecule has 0 spiro atoms. The summed E-state index contributed by atoms with van der Waals surface area (Å²) in [6, 6.07) is 6.92. The SMILES string of the molecule is CC(C)(C)c1ccc2[nH]c(=O)cc(O)c2c1. The fourth-order valence-electron chi connectivity index (χ4n) is 1.70. The van der Waals surface area contributed by atoms with Gasteiger partial charge in [-0.3, -0.25) is 4.79 Å². The number of benzene rings is 1. The number of rotatable bonds is 0. The van der Waals surface area contributed by atoms with Crippen molar-refractivity contribution in [1.82, 2.24) is 4.98 Å². The van der Waals surface area contributed by atoms with Crippen LogP contribution < -0.4 is 5.56 Å². The van der Waals surface area contributed by atoms with Gasteiger partial charge in [-0.05, 0) is 23.1 Å². The first-order chi connectivity index (χ1) is 7.38. The van der Waals surface area contributed by atoms with Gasteiger partial charge in [0.05, 0.1) is 5.52 Å². The minimum absolute atomic E-state index is 0.0246. The Morgan fingerprint density at radius 3 is 2.50 bits per heavy atom. The van der Waals surface area contributed by atoms with Crippen LogP contribution in [0.15, 0.2) is 29.1 Å². The molecule has 1 aromatic heterocycles. The third-order valence-corrected chi connectivity index (χ3v) is 2.69. The summed E-state index contributed by atoms with van der Waals surface area (Å²) in [4.78, 5) is 13.9. The van der Waals surface area contributed by atoms with Crippen molar-refractivity contribution in [3.63, 3.8) is 0 Å². The van der Waals surface area contributed by atoms with E-state index < -0.39 is 0 Å². The smallest absolute Gasteiger partial charge is 0.252 e. The van der Waals surface area contributed by atoms with Gasteiger partial charge in [-0.1, -0.05) is 26.8 Å². The van der Waals surface area contributed by atoms with Gasteiger partial charge in [0, 0.05) is 11.5 Å². The van der Waals surface area contributed by atoms with Crippen molar-refractivity contribution in [2.75, 3.05) is 0 Å². The highest BCUT2D eigenvalue weighted by molar-refractivity contribution is 5.85. The summed E-state index contributed by atoms with van der Waals surface area (Å²) in [5.41, 5.74) is 1.53. The lowest BCUT2D eigenvalue weighted by atomic mass is 9.86. The summed E-state index contributed by atoms with van der Waals surface area (Å²) in [6.07, 6.45) is 0. The van der Waals surface area contributed by atoms with E-state index in [1.165, 1.54) is 6.07 Å². The number of hydrogen-bond donors (Lipinski definition) is 2. The van der Waals surface area contributed by atoms with Crippen LogP contribution in [0.3, 0.4) is 0 Å². The van der Waals surface area contributed by atoms with Crippen LogP contribution in [0.5, 0.6) is 5.75 Å². The molecule has 3 heteroatoms. The molecular weight excluding hydrogens is 202 g/mol. The summed E-state index contributed by atoms with van der Waals surface area (Å²) in [7, 11) is 0. The average molecular weight is 217 g/mol. The molecule has 0 fully saturated rings. The van der Waals surface area contributed by atoms with Gasteiger partial charge in [-0.25, -0.2) is 0 Å². The summed E-state index contributed by atoms with van der Waals surface area (Å²) >= 11 is 0. The molecule has 2 aromatic rings. The standard InChI is InChI=1S/C13H15NO2/c1-13(2,3)8-4-5-10-9(6-8)11(15)7-12(16)14-10/h4-7H,1-3H3,(H2,14,15,16). The third-order valence-electron chi connectivity index (χ3n) is 2.69. The summed E-state index contributed by atoms with van der Waals surface area (Å²) in [5, 5.41) is 10.4. The maximum Gasteiger partial charge on any atom is 0.252 e. The Kier molecular flexibility index (Phi) is 2.26. The largest absolute Gasteiger partial charge is 0.507 e. The second-order valence-electron chi connectivity index (χ2n) is 5.03. The van der Waals surface area contributed by atoms with Gasteiger partial charge in [0.15, 0.2) is 0 Å². The van der Waals surface area contributed by atoms with Crippen LogP contribution in [0.2, 0.25) is 0 Å². The molecule has 1 heterocycles. The molecule has 0 amide bonds. The molecule has 0 atom stereocenters. The predicted molar refractivity (Wildman–Crippen MR) is 64.9 cm³/mol. The first-order valence-corrected chi connectivity index (χ1v) is 5.24. The number of aromatic amines is 1. The first-order valence-electron chi connectivity index (χ1n) is 5.24. The van der Waals surface area contributed by atoms with Crippen molar-refractivity contribution in [3.05, 3.63) is 40.2 Å². The van der Waals surface area contributed by atoms with E-state index in [1.807, 2.05) is 18.2 Å². The molecule has 0 radical (unpaired) electrons. The number of aromatic hydroxyl groups is 1. The highest BCUT2D eigenvalue weighted by Gasteiger charge is 2.14. The molecule has 0 saturated heterocycles. The fourth-order valence-corrected chi connectivity index (χ4v) is 1.70. The Morgan fingerprint density at radius 2 is 1.88 bits per heavy atom. The quantitative estimate of drug-likeness (QED) is 0.712. The molecule has 0 saturated carbocycles. The first kappa shape index (κ1) is 10.7. The van der Waals surface area contributed by atoms with Gasteiger partial charge >= 0.3 is 0 Å². The molecular formula is C13H15NO2. The van der Waals surface area contributed by atoms with Gasteiger partial charge in [0.25, 0.3) is 5.56 Å². The highest BCUT2D eigenvalue weighted by Crippen LogP contribution is 2.28. The lowest BCUT2D eigenvalue weighted by molar-refractivity contribution is 0.480. The molecule has 16 heavy (non-hydrogen) atoms. The number of nitrogens with one attached hydrogen (secondary N) is 1. The van der Waals surface area contributed by atoms with Gasteiger partial charge < -0.3 is 10.1 Å². The van der Waals surface area contributed by atoms with Gasteiger partial charge in [0.1, 0.15) is 5.75 Å². The van der Waals surface area contributed by atoms with Crippen LogP contribution in [-0.4, -0.2) is 10.1 Å². The van der Waals surface area contributed by atoms with Crippen LogP contribution in [-0.2, 0) is 5.41 Å². The van der Waals surface area contributed by atoms with Crippen LogP contribution in [0, 0.1) is 0 Å². The summed E-state index contributed by atoms with van der Waals surface area (Å²) in [5.74, 6) is 0.0323. The summed E-state index contributed by atoms with van der Waals surface area (Å²) in [6.45, 7) is 6.32. The van der Waals surface area contributed by atoms with Gasteiger partial charge in [-0.15, -0.1) is 0 Å². The van der Waals surface area contributed by atoms with E-state index in [2.05, 4.69) is 25.8 Å². The van der Waals surface area contributed by atoms with E-state index in [0.29, 0.717) is 10.9 Å². The second kappa shape index (κ2) is 3.37. The van der Waals surface area contributed by atoms with Gasteiger partial charge in [-0.2, -0.15) is 0 Å². The molecule has 2 N–H and O–H groups in total. The van der Waals surface area contributed by atoms with Crippen molar-refractivity contribution in [1.29, 1.82) is 0 Å². The van der Waals surface area contributed by atoms with Crippen LogP contribution in [0.25, 0.3) is 10.9 Å². The van der Waals surface area contributed by atoms with Crippen LogP contribution in [0.4, 0.5) is 0 Å². The van der Waals surface area contributed by atoms with E-state index in [1.54, 1.807) is 0 Å². The summed E-state index contributed by atoms with van der Waals surface area (Å²) < 4.78 is 0. The van der Waals surface area contributed by atoms with Crippen molar-refractivity contribution in [3.8, 4) is 5.75 Å². The van der Waals surface area contributed by atoms with E-state index in [0.717, 1.165) is 5.56 Å². The maximum absolute atomic E-state index is 11.2. The Bertz CT molecular complexity index is 591. The average Bonchev–Trinajstić information content (AvgIpc) is 2.15. The number of aromatic nitrogens is 1. The van der Waals surface area contributed by atoms with E-state index >= 15 is 0 Å². The zero-order valence-electron chi connectivity index (χ0n) is 9.66. The number of hydrogen-bond acceptors (Lipinski definition) is 2. The zero-order valence-corrected chi connectivity index (χ0v) is 9.66. The third kappa shape index (κ3) is 1.81. The monoisotopic (exact) mass is 217 g/mol.